The van der Waals surface area contributed by atoms with E-state index in [0.29, 0.717) is 23.3 Å². The summed E-state index contributed by atoms with van der Waals surface area (Å²) >= 11 is 0. The number of carbonyl (C=O) groups is 1. The maximum absolute atomic E-state index is 14.3. The number of hydrogen-bond acceptors (Lipinski definition) is 4. The minimum Gasteiger partial charge on any atom is -0.493 e. The molecule has 0 heterocycles. The molecule has 0 radical (unpaired) electrons. The van der Waals surface area contributed by atoms with Gasteiger partial charge in [-0.05, 0) is 42.3 Å². The Labute approximate surface area is 157 Å². The number of allylic oxidation sites excluding steroid dienone is 1. The third kappa shape index (κ3) is 4.41. The first kappa shape index (κ1) is 21.2. The van der Waals surface area contributed by atoms with Gasteiger partial charge in [-0.1, -0.05) is 6.07 Å². The molecule has 0 unspecified atom stereocenters. The Morgan fingerprint density at radius 3 is 2.29 bits per heavy atom. The molecule has 0 bridgehead atoms. The van der Waals surface area contributed by atoms with Gasteiger partial charge in [0, 0.05) is 6.08 Å². The molecule has 0 aliphatic carbocycles. The first-order chi connectivity index (χ1) is 13.1. The maximum atomic E-state index is 14.3. The van der Waals surface area contributed by atoms with Gasteiger partial charge >= 0.3 is 12.1 Å². The summed E-state index contributed by atoms with van der Waals surface area (Å²) < 4.78 is 82.6. The van der Waals surface area contributed by atoms with E-state index in [0.717, 1.165) is 6.07 Å². The minimum atomic E-state index is -4.32. The number of rotatable bonds is 6. The topological polar surface area (TPSA) is 44.8 Å². The summed E-state index contributed by atoms with van der Waals surface area (Å²) in [6.45, 7) is 1.58. The Hall–Kier alpha value is -3.10. The summed E-state index contributed by atoms with van der Waals surface area (Å²) in [7, 11) is 2.38. The van der Waals surface area contributed by atoms with Crippen LogP contribution in [0.3, 0.4) is 0 Å². The first-order valence-electron chi connectivity index (χ1n) is 7.76. The predicted molar refractivity (Wildman–Crippen MR) is 89.5 cm³/mol. The molecule has 0 amide bonds. The lowest BCUT2D eigenvalue weighted by Crippen LogP contribution is -2.24. The van der Waals surface area contributed by atoms with E-state index in [1.54, 1.807) is 6.92 Å². The van der Waals surface area contributed by atoms with Gasteiger partial charge in [-0.25, -0.2) is 18.0 Å². The van der Waals surface area contributed by atoms with E-state index >= 15 is 0 Å². The number of alkyl halides is 2. The quantitative estimate of drug-likeness (QED) is 0.301. The number of benzene rings is 2. The molecule has 0 saturated carbocycles. The molecule has 0 aromatic heterocycles. The fourth-order valence-corrected chi connectivity index (χ4v) is 2.26. The molecule has 28 heavy (non-hydrogen) atoms. The number of halogens is 5. The van der Waals surface area contributed by atoms with Crippen LogP contribution < -0.4 is 9.47 Å². The van der Waals surface area contributed by atoms with Crippen molar-refractivity contribution in [3.63, 3.8) is 0 Å². The summed E-state index contributed by atoms with van der Waals surface area (Å²) in [5.74, 6) is -6.95. The highest BCUT2D eigenvalue weighted by atomic mass is 19.3. The van der Waals surface area contributed by atoms with Crippen molar-refractivity contribution in [2.75, 3.05) is 14.2 Å². The molecular formula is C19H15F5O4. The fraction of sp³-hybridized carbons (Fsp3) is 0.211. The SMILES string of the molecule is COC(=O)C=C(C)c1ccc(OC(F)(F)c2ccc(F)c(F)c2F)c(OC)c1. The van der Waals surface area contributed by atoms with E-state index in [1.165, 1.54) is 32.4 Å². The highest BCUT2D eigenvalue weighted by molar-refractivity contribution is 5.91. The Morgan fingerprint density at radius 1 is 1.00 bits per heavy atom. The molecule has 0 saturated heterocycles. The van der Waals surface area contributed by atoms with Crippen molar-refractivity contribution in [1.82, 2.24) is 0 Å². The van der Waals surface area contributed by atoms with Crippen LogP contribution in [0.4, 0.5) is 22.0 Å². The van der Waals surface area contributed by atoms with Crippen molar-refractivity contribution in [2.24, 2.45) is 0 Å². The average Bonchev–Trinajstić information content (AvgIpc) is 2.65. The smallest absolute Gasteiger partial charge is 0.429 e. The van der Waals surface area contributed by atoms with E-state index in [9.17, 15) is 26.7 Å². The van der Waals surface area contributed by atoms with Crippen molar-refractivity contribution in [1.29, 1.82) is 0 Å². The van der Waals surface area contributed by atoms with Crippen LogP contribution in [0.15, 0.2) is 36.4 Å². The minimum absolute atomic E-state index is 0.155. The van der Waals surface area contributed by atoms with Crippen LogP contribution in [0, 0.1) is 17.5 Å². The molecule has 150 valence electrons. The van der Waals surface area contributed by atoms with Gasteiger partial charge in [0.2, 0.25) is 0 Å². The zero-order chi connectivity index (χ0) is 21.1. The van der Waals surface area contributed by atoms with Crippen LogP contribution in [-0.2, 0) is 15.6 Å². The normalized spacial score (nSPS) is 11.9. The molecular weight excluding hydrogens is 387 g/mol. The fourth-order valence-electron chi connectivity index (χ4n) is 2.26. The molecule has 2 rings (SSSR count). The van der Waals surface area contributed by atoms with E-state index in [-0.39, 0.29) is 5.75 Å². The third-order valence-corrected chi connectivity index (χ3v) is 3.74. The third-order valence-electron chi connectivity index (χ3n) is 3.74. The highest BCUT2D eigenvalue weighted by Gasteiger charge is 2.40. The Kier molecular flexibility index (Phi) is 6.27. The van der Waals surface area contributed by atoms with Gasteiger partial charge < -0.3 is 14.2 Å². The lowest BCUT2D eigenvalue weighted by molar-refractivity contribution is -0.188. The molecule has 0 N–H and O–H groups in total. The summed E-state index contributed by atoms with van der Waals surface area (Å²) in [5, 5.41) is 0. The summed E-state index contributed by atoms with van der Waals surface area (Å²) in [4.78, 5) is 11.3. The van der Waals surface area contributed by atoms with Crippen molar-refractivity contribution in [3.8, 4) is 11.5 Å². The maximum Gasteiger partial charge on any atom is 0.429 e. The van der Waals surface area contributed by atoms with E-state index in [4.69, 9.17) is 4.74 Å². The number of carbonyl (C=O) groups excluding carboxylic acids is 1. The van der Waals surface area contributed by atoms with Crippen LogP contribution in [0.25, 0.3) is 5.57 Å². The van der Waals surface area contributed by atoms with Gasteiger partial charge in [0.05, 0.1) is 14.2 Å². The molecule has 2 aromatic carbocycles. The van der Waals surface area contributed by atoms with Gasteiger partial charge in [0.25, 0.3) is 0 Å². The average molecular weight is 402 g/mol. The Morgan fingerprint density at radius 2 is 1.68 bits per heavy atom. The summed E-state index contributed by atoms with van der Waals surface area (Å²) in [6, 6.07) is 4.52. The lowest BCUT2D eigenvalue weighted by atomic mass is 10.1. The summed E-state index contributed by atoms with van der Waals surface area (Å²) in [6.07, 6.45) is -3.13. The highest BCUT2D eigenvalue weighted by Crippen LogP contribution is 2.39. The second kappa shape index (κ2) is 8.28. The van der Waals surface area contributed by atoms with Gasteiger partial charge in [-0.15, -0.1) is 0 Å². The van der Waals surface area contributed by atoms with Crippen LogP contribution in [0.5, 0.6) is 11.5 Å². The Balaban J connectivity index is 2.39. The molecule has 0 aliphatic rings. The van der Waals surface area contributed by atoms with Crippen molar-refractivity contribution in [2.45, 2.75) is 13.0 Å². The van der Waals surface area contributed by atoms with Crippen LogP contribution >= 0.6 is 0 Å². The molecule has 4 nitrogen and oxygen atoms in total. The van der Waals surface area contributed by atoms with Crippen LogP contribution in [0.2, 0.25) is 0 Å². The van der Waals surface area contributed by atoms with Gasteiger partial charge in [0.15, 0.2) is 29.0 Å². The van der Waals surface area contributed by atoms with Gasteiger partial charge in [-0.2, -0.15) is 8.78 Å². The zero-order valence-electron chi connectivity index (χ0n) is 15.0. The number of ether oxygens (including phenoxy) is 3. The second-order valence-electron chi connectivity index (χ2n) is 5.56. The Bertz CT molecular complexity index is 925. The number of esters is 1. The second-order valence-corrected chi connectivity index (χ2v) is 5.56. The largest absolute Gasteiger partial charge is 0.493 e. The van der Waals surface area contributed by atoms with E-state index in [2.05, 4.69) is 9.47 Å². The molecule has 0 aliphatic heterocycles. The predicted octanol–water partition coefficient (Wildman–Crippen LogP) is 4.82. The molecule has 0 atom stereocenters. The molecule has 2 aromatic rings. The van der Waals surface area contributed by atoms with Crippen LogP contribution in [0.1, 0.15) is 18.1 Å². The molecule has 0 spiro atoms. The lowest BCUT2D eigenvalue weighted by Gasteiger charge is -2.21. The van der Waals surface area contributed by atoms with E-state index in [1.807, 2.05) is 0 Å². The van der Waals surface area contributed by atoms with Crippen LogP contribution in [-0.4, -0.2) is 20.2 Å². The first-order valence-corrected chi connectivity index (χ1v) is 7.76. The molecule has 9 heteroatoms. The van der Waals surface area contributed by atoms with E-state index < -0.39 is 40.8 Å². The monoisotopic (exact) mass is 402 g/mol. The number of hydrogen-bond donors (Lipinski definition) is 0. The van der Waals surface area contributed by atoms with Crippen molar-refractivity contribution in [3.05, 3.63) is 65.0 Å². The number of methoxy groups -OCH3 is 2. The van der Waals surface area contributed by atoms with Gasteiger partial charge in [0.1, 0.15) is 5.56 Å². The van der Waals surface area contributed by atoms with Gasteiger partial charge in [-0.3, -0.25) is 0 Å². The standard InChI is InChI=1S/C19H15F5O4/c1-10(8-16(25)27-3)11-4-7-14(15(9-11)26-2)28-19(23,24)12-5-6-13(20)18(22)17(12)21/h4-9H,1-3H3. The van der Waals surface area contributed by atoms with Crippen molar-refractivity contribution >= 4 is 11.5 Å². The van der Waals surface area contributed by atoms with Crippen molar-refractivity contribution < 1.29 is 41.0 Å². The zero-order valence-corrected chi connectivity index (χ0v) is 15.0. The molecule has 0 fully saturated rings. The summed E-state index contributed by atoms with van der Waals surface area (Å²) in [5.41, 5.74) is -0.577.